The van der Waals surface area contributed by atoms with E-state index in [2.05, 4.69) is 139 Å². The predicted octanol–water partition coefficient (Wildman–Crippen LogP) is 11.1. The molecule has 29 nitrogen and oxygen atoms in total. The monoisotopic (exact) mass is 1740 g/mol. The largest absolute Gasteiger partial charge is 0.481 e. The first-order chi connectivity index (χ1) is 63.7. The SMILES string of the molecule is COc1ccc2c(n1)[C@@H](N)C1(CCN(c3cnc4c(n3)CN=C4N3CCCc4ncccc43)CC1)C2.N#Cc1cccc2c1[C@@H](N)C1(CCN(c3cnc4c(n3)CN=C4N3CCCc4ncccc43)CC1)C2.N[C@@H]1c2ccccc2CC12CCN(c1nc3c(nc1CO)C(N1CCCCC1)=NC3)CC2.N[C@@H]1c2ccccc2CC12CCN(c1nc3c(nc1CO)C=CC3)CC2. The lowest BCUT2D eigenvalue weighted by molar-refractivity contribution is 0.185. The number of nitrogens with zero attached hydrogens (tertiary/aromatic N) is 22. The summed E-state index contributed by atoms with van der Waals surface area (Å²) in [6.45, 7) is 12.7. The first kappa shape index (κ1) is 83.4. The summed E-state index contributed by atoms with van der Waals surface area (Å²) in [6.07, 6.45) is 32.5. The van der Waals surface area contributed by atoms with Gasteiger partial charge in [-0.3, -0.25) is 24.9 Å². The Morgan fingerprint density at radius 3 is 1.45 bits per heavy atom. The Balaban J connectivity index is 0.000000102. The average Bonchev–Trinajstić information content (AvgIpc) is 1.76. The van der Waals surface area contributed by atoms with Crippen molar-refractivity contribution in [2.24, 2.45) is 59.6 Å². The molecule has 0 bridgehead atoms. The van der Waals surface area contributed by atoms with Gasteiger partial charge in [-0.2, -0.15) is 5.26 Å². The van der Waals surface area contributed by atoms with Gasteiger partial charge < -0.3 is 72.2 Å². The third-order valence-corrected chi connectivity index (χ3v) is 31.5. The molecule has 5 aliphatic carbocycles. The second-order valence-corrected chi connectivity index (χ2v) is 38.3. The number of allylic oxidation sites excluding steroid dienone is 1. The lowest BCUT2D eigenvalue weighted by Gasteiger charge is -2.43. The normalized spacial score (nSPS) is 22.4. The van der Waals surface area contributed by atoms with Crippen LogP contribution in [0.1, 0.15) is 226 Å². The van der Waals surface area contributed by atoms with Gasteiger partial charge in [-0.15, -0.1) is 0 Å². The van der Waals surface area contributed by atoms with Gasteiger partial charge in [0.2, 0.25) is 5.88 Å². The van der Waals surface area contributed by atoms with E-state index in [1.54, 1.807) is 7.11 Å². The van der Waals surface area contributed by atoms with Crippen molar-refractivity contribution < 1.29 is 14.9 Å². The van der Waals surface area contributed by atoms with Gasteiger partial charge in [0, 0.05) is 122 Å². The first-order valence-electron chi connectivity index (χ1n) is 47.2. The summed E-state index contributed by atoms with van der Waals surface area (Å²) in [4.78, 5) is 83.5. The van der Waals surface area contributed by atoms with Gasteiger partial charge in [0.1, 0.15) is 40.1 Å². The van der Waals surface area contributed by atoms with E-state index in [9.17, 15) is 15.5 Å². The smallest absolute Gasteiger partial charge is 0.213 e. The number of nitrogens with two attached hydrogens (primary N) is 4. The van der Waals surface area contributed by atoms with E-state index in [1.165, 1.54) is 52.6 Å². The van der Waals surface area contributed by atoms with Crippen molar-refractivity contribution in [2.45, 2.75) is 185 Å². The van der Waals surface area contributed by atoms with E-state index in [-0.39, 0.29) is 59.0 Å². The summed E-state index contributed by atoms with van der Waals surface area (Å²) >= 11 is 0. The number of hydrogen-bond acceptors (Lipinski definition) is 29. The Labute approximate surface area is 758 Å². The van der Waals surface area contributed by atoms with Gasteiger partial charge in [0.25, 0.3) is 0 Å². The highest BCUT2D eigenvalue weighted by molar-refractivity contribution is 6.12. The topological polar surface area (TPSA) is 379 Å². The molecule has 0 saturated carbocycles. The standard InChI is InChI=1S/C28H28N8.C27H30N8O.C25H32N6O.C21H24N4O/c29-15-19-5-1-4-18-14-28(26(30)24(18)19)8-12-35(13-9-28)23-17-32-25-21(34-23)16-33-27(25)36-11-3-6-20-22(36)7-2-10-31-20;1-36-22-7-6-17-14-27(25(28)23(17)33-22)8-12-34(13-9-27)21-16-30-24-19(32-21)15-31-26(24)35-11-3-4-18-20(35)5-2-10-29-18;26-22-18-7-3-2-6-17(18)14-25(22)8-12-31(13-9-25)23-20(16-32)28-21-19(29-23)15-27-24(21)30-10-4-1-5-11-30;22-19-15-5-2-1-4-14(15)12-21(19)8-10-25(11-9-21)20-18(13-26)23-16-6-3-7-17(16)24-20/h1-2,4-5,7,10,17,26H,3,6,8-9,11-14,16,30H2;2,5-7,10,16,25H,3-4,8-9,11-15,28H2,1H3;2-3,6-7,22,32H,1,4-5,8-16,26H2;1-6,19,26H,7-13,22H2/t26-;25-;22-;19-/m1111/s1. The van der Waals surface area contributed by atoms with Gasteiger partial charge in [-0.25, -0.2) is 44.9 Å². The van der Waals surface area contributed by atoms with E-state index >= 15 is 0 Å². The summed E-state index contributed by atoms with van der Waals surface area (Å²) in [6, 6.07) is 38.0. The highest BCUT2D eigenvalue weighted by Gasteiger charge is 2.52. The predicted molar refractivity (Wildman–Crippen MR) is 502 cm³/mol. The van der Waals surface area contributed by atoms with Crippen LogP contribution < -0.4 is 57.1 Å². The van der Waals surface area contributed by atoms with Crippen LogP contribution in [-0.4, -0.2) is 173 Å². The van der Waals surface area contributed by atoms with Crippen LogP contribution in [0.2, 0.25) is 0 Å². The number of benzene rings is 3. The molecular formula is C101H114N26O3. The number of ether oxygens (including phenoxy) is 1. The zero-order valence-electron chi connectivity index (χ0n) is 74.2. The lowest BCUT2D eigenvalue weighted by Crippen LogP contribution is -2.45. The summed E-state index contributed by atoms with van der Waals surface area (Å²) < 4.78 is 5.33. The molecule has 5 fully saturated rings. The molecule has 4 atom stereocenters. The molecule has 10 N–H and O–H groups in total. The zero-order valence-corrected chi connectivity index (χ0v) is 74.2. The van der Waals surface area contributed by atoms with Crippen molar-refractivity contribution in [1.82, 2.24) is 59.7 Å². The summed E-state index contributed by atoms with van der Waals surface area (Å²) in [5, 5.41) is 29.5. The fourth-order valence-corrected chi connectivity index (χ4v) is 24.1. The Morgan fingerprint density at radius 1 is 0.423 bits per heavy atom. The van der Waals surface area contributed by atoms with Gasteiger partial charge >= 0.3 is 0 Å². The van der Waals surface area contributed by atoms with Crippen molar-refractivity contribution in [1.29, 1.82) is 5.26 Å². The number of rotatable bonds is 7. The van der Waals surface area contributed by atoms with E-state index in [1.807, 2.05) is 61.2 Å². The molecule has 5 saturated heterocycles. The quantitative estimate of drug-likeness (QED) is 0.0863. The van der Waals surface area contributed by atoms with Crippen LogP contribution >= 0.6 is 0 Å². The van der Waals surface area contributed by atoms with Crippen LogP contribution in [0.4, 0.5) is 34.6 Å². The number of piperidine rings is 5. The van der Waals surface area contributed by atoms with Crippen LogP contribution in [0, 0.1) is 33.0 Å². The van der Waals surface area contributed by atoms with Crippen LogP contribution in [0.3, 0.4) is 0 Å². The first-order valence-corrected chi connectivity index (χ1v) is 47.2. The molecule has 4 spiro atoms. The number of amidine groups is 3. The molecule has 0 radical (unpaired) electrons. The number of nitriles is 1. The summed E-state index contributed by atoms with van der Waals surface area (Å²) in [5.41, 5.74) is 51.4. The summed E-state index contributed by atoms with van der Waals surface area (Å²) in [7, 11) is 1.65. The maximum absolute atomic E-state index is 10.1. The van der Waals surface area contributed by atoms with Crippen LogP contribution in [0.5, 0.6) is 5.88 Å². The third kappa shape index (κ3) is 14.7. The third-order valence-electron chi connectivity index (χ3n) is 31.5. The number of aryl methyl sites for hydroxylation is 2. The van der Waals surface area contributed by atoms with E-state index in [4.69, 9.17) is 77.5 Å². The molecule has 0 unspecified atom stereocenters. The number of hydrogen-bond donors (Lipinski definition) is 6. The molecule has 25 rings (SSSR count). The molecule has 15 aliphatic rings. The highest BCUT2D eigenvalue weighted by atomic mass is 16.5. The molecular weight excluding hydrogens is 1630 g/mol. The molecule has 10 aliphatic heterocycles. The molecule has 3 aromatic carbocycles. The number of methoxy groups -OCH3 is 1. The Kier molecular flexibility index (Phi) is 22.0. The average molecular weight is 1740 g/mol. The Bertz CT molecular complexity index is 6200. The van der Waals surface area contributed by atoms with Crippen molar-refractivity contribution in [3.63, 3.8) is 0 Å². The fraction of sp³-hybridized carbons (Fsp3) is 0.455. The van der Waals surface area contributed by atoms with E-state index < -0.39 is 0 Å². The maximum Gasteiger partial charge on any atom is 0.213 e. The van der Waals surface area contributed by atoms with Gasteiger partial charge in [-0.1, -0.05) is 72.8 Å². The molecule has 130 heavy (non-hydrogen) atoms. The van der Waals surface area contributed by atoms with Crippen LogP contribution in [0.25, 0.3) is 6.08 Å². The molecule has 7 aromatic heterocycles. The minimum absolute atomic E-state index is 0.0158. The van der Waals surface area contributed by atoms with Crippen LogP contribution in [0.15, 0.2) is 149 Å². The Morgan fingerprint density at radius 2 is 0.908 bits per heavy atom. The number of aromatic nitrogens is 11. The van der Waals surface area contributed by atoms with E-state index in [0.29, 0.717) is 36.9 Å². The lowest BCUT2D eigenvalue weighted by atomic mass is 9.73. The minimum Gasteiger partial charge on any atom is -0.481 e. The molecule has 29 heteroatoms. The number of anilines is 6. The number of pyridine rings is 3. The number of aliphatic hydroxyl groups is 2. The number of likely N-dealkylation sites (tertiary alicyclic amines) is 1. The fourth-order valence-electron chi connectivity index (χ4n) is 24.1. The maximum atomic E-state index is 10.1. The molecule has 10 aromatic rings. The van der Waals surface area contributed by atoms with E-state index in [0.717, 1.165) is 314 Å². The number of aliphatic imine (C=N–C) groups is 3. The minimum atomic E-state index is -0.102. The molecule has 0 amide bonds. The van der Waals surface area contributed by atoms with Crippen molar-refractivity contribution in [3.05, 3.63) is 253 Å². The second kappa shape index (κ2) is 34.3. The molecule has 666 valence electrons. The molecule has 17 heterocycles. The number of fused-ring (bicyclic) bond motifs is 10. The van der Waals surface area contributed by atoms with Gasteiger partial charge in [-0.05, 0) is 219 Å². The van der Waals surface area contributed by atoms with Crippen molar-refractivity contribution in [3.8, 4) is 11.9 Å². The highest BCUT2D eigenvalue weighted by Crippen LogP contribution is 2.56. The van der Waals surface area contributed by atoms with Gasteiger partial charge in [0.15, 0.2) is 29.1 Å². The number of aliphatic hydroxyl groups excluding tert-OH is 2. The van der Waals surface area contributed by atoms with Crippen molar-refractivity contribution in [2.75, 3.05) is 115 Å². The summed E-state index contributed by atoms with van der Waals surface area (Å²) in [5.74, 6) is 6.99. The second-order valence-electron chi connectivity index (χ2n) is 38.3. The zero-order chi connectivity index (χ0) is 88.0. The van der Waals surface area contributed by atoms with Gasteiger partial charge in [0.05, 0.1) is 127 Å². The Hall–Kier alpha value is -12.2. The van der Waals surface area contributed by atoms with Crippen LogP contribution in [-0.2, 0) is 77.8 Å². The van der Waals surface area contributed by atoms with Crippen molar-refractivity contribution >= 4 is 58.2 Å².